The third-order valence-corrected chi connectivity index (χ3v) is 3.15. The first-order valence-electron chi connectivity index (χ1n) is 5.58. The van der Waals surface area contributed by atoms with Crippen LogP contribution in [0.3, 0.4) is 0 Å². The summed E-state index contributed by atoms with van der Waals surface area (Å²) in [7, 11) is 1.33. The normalized spacial score (nSPS) is 10.0. The van der Waals surface area contributed by atoms with Gasteiger partial charge in [0.05, 0.1) is 7.11 Å². The number of carbonyl (C=O) groups excluding carboxylic acids is 1. The van der Waals surface area contributed by atoms with Gasteiger partial charge in [-0.25, -0.2) is 9.97 Å². The number of ether oxygens (including phenoxy) is 1. The quantitative estimate of drug-likeness (QED) is 0.876. The largest absolute Gasteiger partial charge is 0.468 e. The fraction of sp³-hybridized carbons (Fsp3) is 0.154. The van der Waals surface area contributed by atoms with Crippen molar-refractivity contribution < 1.29 is 9.53 Å². The van der Waals surface area contributed by atoms with E-state index in [4.69, 9.17) is 0 Å². The van der Waals surface area contributed by atoms with Gasteiger partial charge in [0, 0.05) is 22.4 Å². The number of nitrogens with zero attached hydrogens (tertiary/aromatic N) is 2. The molecule has 0 fully saturated rings. The van der Waals surface area contributed by atoms with E-state index in [-0.39, 0.29) is 12.5 Å². The highest BCUT2D eigenvalue weighted by Gasteiger charge is 2.05. The van der Waals surface area contributed by atoms with Crippen molar-refractivity contribution in [2.45, 2.75) is 0 Å². The first kappa shape index (κ1) is 13.5. The number of nitrogens with one attached hydrogen (secondary N) is 1. The monoisotopic (exact) mass is 321 g/mol. The fourth-order valence-corrected chi connectivity index (χ4v) is 1.99. The van der Waals surface area contributed by atoms with E-state index >= 15 is 0 Å². The first-order valence-corrected chi connectivity index (χ1v) is 6.37. The number of anilines is 1. The van der Waals surface area contributed by atoms with Gasteiger partial charge in [-0.2, -0.15) is 0 Å². The molecule has 0 radical (unpaired) electrons. The van der Waals surface area contributed by atoms with Gasteiger partial charge in [-0.3, -0.25) is 4.79 Å². The van der Waals surface area contributed by atoms with Gasteiger partial charge in [-0.05, 0) is 11.6 Å². The lowest BCUT2D eigenvalue weighted by Gasteiger charge is -2.06. The van der Waals surface area contributed by atoms with Crippen molar-refractivity contribution in [3.05, 3.63) is 41.1 Å². The molecular weight excluding hydrogens is 310 g/mol. The number of hydrogen-bond acceptors (Lipinski definition) is 5. The second-order valence-corrected chi connectivity index (χ2v) is 4.56. The van der Waals surface area contributed by atoms with Crippen molar-refractivity contribution >= 4 is 27.8 Å². The summed E-state index contributed by atoms with van der Waals surface area (Å²) in [5.74, 6) is 0.0275. The van der Waals surface area contributed by atoms with Crippen LogP contribution in [-0.4, -0.2) is 29.6 Å². The summed E-state index contributed by atoms with van der Waals surface area (Å²) in [5.41, 5.74) is 1.91. The van der Waals surface area contributed by atoms with E-state index in [0.717, 1.165) is 15.6 Å². The SMILES string of the molecule is COC(=O)CNc1ncc(-c2ccccc2Br)cn1. The Balaban J connectivity index is 2.11. The third kappa shape index (κ3) is 3.51. The van der Waals surface area contributed by atoms with Crippen LogP contribution in [0.15, 0.2) is 41.1 Å². The Morgan fingerprint density at radius 1 is 1.32 bits per heavy atom. The number of rotatable bonds is 4. The van der Waals surface area contributed by atoms with E-state index in [0.29, 0.717) is 5.95 Å². The zero-order valence-electron chi connectivity index (χ0n) is 10.3. The van der Waals surface area contributed by atoms with Crippen molar-refractivity contribution in [1.29, 1.82) is 0 Å². The predicted molar refractivity (Wildman–Crippen MR) is 75.7 cm³/mol. The minimum Gasteiger partial charge on any atom is -0.468 e. The van der Waals surface area contributed by atoms with Crippen LogP contribution >= 0.6 is 15.9 Å². The Hall–Kier alpha value is -1.95. The van der Waals surface area contributed by atoms with E-state index in [1.165, 1.54) is 7.11 Å². The van der Waals surface area contributed by atoms with Gasteiger partial charge < -0.3 is 10.1 Å². The van der Waals surface area contributed by atoms with Crippen LogP contribution in [0.1, 0.15) is 0 Å². The molecule has 1 aromatic carbocycles. The van der Waals surface area contributed by atoms with Crippen molar-refractivity contribution in [3.8, 4) is 11.1 Å². The Bertz CT molecular complexity index is 572. The van der Waals surface area contributed by atoms with E-state index in [9.17, 15) is 4.79 Å². The number of esters is 1. The molecule has 0 bridgehead atoms. The summed E-state index contributed by atoms with van der Waals surface area (Å²) < 4.78 is 5.50. The molecule has 0 saturated carbocycles. The summed E-state index contributed by atoms with van der Waals surface area (Å²) in [6.07, 6.45) is 3.40. The van der Waals surface area contributed by atoms with Gasteiger partial charge in [0.1, 0.15) is 6.54 Å². The number of hydrogen-bond donors (Lipinski definition) is 1. The highest BCUT2D eigenvalue weighted by atomic mass is 79.9. The zero-order chi connectivity index (χ0) is 13.7. The van der Waals surface area contributed by atoms with Crippen molar-refractivity contribution in [2.75, 3.05) is 19.0 Å². The molecule has 5 nitrogen and oxygen atoms in total. The van der Waals surface area contributed by atoms with E-state index in [1.54, 1.807) is 12.4 Å². The van der Waals surface area contributed by atoms with Gasteiger partial charge in [-0.15, -0.1) is 0 Å². The molecule has 0 aliphatic rings. The summed E-state index contributed by atoms with van der Waals surface area (Å²) in [4.78, 5) is 19.3. The minimum absolute atomic E-state index is 0.0465. The molecule has 0 atom stereocenters. The molecular formula is C13H12BrN3O2. The lowest BCUT2D eigenvalue weighted by Crippen LogP contribution is -2.16. The molecule has 1 aromatic heterocycles. The Labute approximate surface area is 119 Å². The number of aromatic nitrogens is 2. The molecule has 0 aliphatic carbocycles. The standard InChI is InChI=1S/C13H12BrN3O2/c1-19-12(18)8-17-13-15-6-9(7-16-13)10-4-2-3-5-11(10)14/h2-7H,8H2,1H3,(H,15,16,17). The molecule has 1 N–H and O–H groups in total. The average molecular weight is 322 g/mol. The second-order valence-electron chi connectivity index (χ2n) is 3.70. The summed E-state index contributed by atoms with van der Waals surface area (Å²) in [5, 5.41) is 2.78. The minimum atomic E-state index is -0.363. The molecule has 1 heterocycles. The highest BCUT2D eigenvalue weighted by Crippen LogP contribution is 2.26. The van der Waals surface area contributed by atoms with Crippen molar-refractivity contribution in [2.24, 2.45) is 0 Å². The molecule has 98 valence electrons. The molecule has 0 saturated heterocycles. The van der Waals surface area contributed by atoms with Gasteiger partial charge in [0.2, 0.25) is 5.95 Å². The summed E-state index contributed by atoms with van der Waals surface area (Å²) >= 11 is 3.48. The Morgan fingerprint density at radius 3 is 2.63 bits per heavy atom. The van der Waals surface area contributed by atoms with Gasteiger partial charge in [0.25, 0.3) is 0 Å². The van der Waals surface area contributed by atoms with Crippen LogP contribution in [0.4, 0.5) is 5.95 Å². The predicted octanol–water partition coefficient (Wildman–Crippen LogP) is 2.49. The van der Waals surface area contributed by atoms with E-state index < -0.39 is 0 Å². The van der Waals surface area contributed by atoms with E-state index in [2.05, 4.69) is 36.0 Å². The van der Waals surface area contributed by atoms with Crippen LogP contribution in [0.2, 0.25) is 0 Å². The van der Waals surface area contributed by atoms with Crippen LogP contribution in [0.5, 0.6) is 0 Å². The molecule has 19 heavy (non-hydrogen) atoms. The summed E-state index contributed by atoms with van der Waals surface area (Å²) in [6, 6.07) is 7.83. The lowest BCUT2D eigenvalue weighted by molar-refractivity contribution is -0.138. The van der Waals surface area contributed by atoms with Crippen LogP contribution in [0, 0.1) is 0 Å². The summed E-state index contributed by atoms with van der Waals surface area (Å²) in [6.45, 7) is 0.0465. The second kappa shape index (κ2) is 6.29. The molecule has 0 aliphatic heterocycles. The van der Waals surface area contributed by atoms with Crippen molar-refractivity contribution in [3.63, 3.8) is 0 Å². The van der Waals surface area contributed by atoms with Gasteiger partial charge in [0.15, 0.2) is 0 Å². The van der Waals surface area contributed by atoms with Gasteiger partial charge in [-0.1, -0.05) is 34.1 Å². The average Bonchev–Trinajstić information content (AvgIpc) is 2.46. The van der Waals surface area contributed by atoms with Crippen LogP contribution in [0.25, 0.3) is 11.1 Å². The van der Waals surface area contributed by atoms with E-state index in [1.807, 2.05) is 24.3 Å². The number of benzene rings is 1. The first-order chi connectivity index (χ1) is 9.20. The maximum absolute atomic E-state index is 11.0. The topological polar surface area (TPSA) is 64.1 Å². The smallest absolute Gasteiger partial charge is 0.325 e. The number of halogens is 1. The molecule has 2 rings (SSSR count). The van der Waals surface area contributed by atoms with Crippen LogP contribution < -0.4 is 5.32 Å². The Morgan fingerprint density at radius 2 is 2.00 bits per heavy atom. The highest BCUT2D eigenvalue weighted by molar-refractivity contribution is 9.10. The van der Waals surface area contributed by atoms with Crippen LogP contribution in [-0.2, 0) is 9.53 Å². The number of carbonyl (C=O) groups is 1. The molecule has 0 amide bonds. The third-order valence-electron chi connectivity index (χ3n) is 2.46. The molecule has 0 spiro atoms. The molecule has 6 heteroatoms. The lowest BCUT2D eigenvalue weighted by atomic mass is 10.1. The maximum Gasteiger partial charge on any atom is 0.325 e. The zero-order valence-corrected chi connectivity index (χ0v) is 11.8. The number of methoxy groups -OCH3 is 1. The maximum atomic E-state index is 11.0. The van der Waals surface area contributed by atoms with Crippen molar-refractivity contribution in [1.82, 2.24) is 9.97 Å². The van der Waals surface area contributed by atoms with Gasteiger partial charge >= 0.3 is 5.97 Å². The molecule has 2 aromatic rings. The fourth-order valence-electron chi connectivity index (χ4n) is 1.48. The Kier molecular flexibility index (Phi) is 4.46. The molecule has 0 unspecified atom stereocenters.